The molecule has 1 atom stereocenters. The summed E-state index contributed by atoms with van der Waals surface area (Å²) in [5.41, 5.74) is 0.432. The minimum atomic E-state index is 0.187. The van der Waals surface area contributed by atoms with Crippen LogP contribution in [0.5, 0.6) is 0 Å². The van der Waals surface area contributed by atoms with Gasteiger partial charge in [-0.3, -0.25) is 4.79 Å². The van der Waals surface area contributed by atoms with E-state index in [4.69, 9.17) is 0 Å². The lowest BCUT2D eigenvalue weighted by Crippen LogP contribution is -2.33. The van der Waals surface area contributed by atoms with Gasteiger partial charge < -0.3 is 5.32 Å². The van der Waals surface area contributed by atoms with Crippen LogP contribution < -0.4 is 5.32 Å². The zero-order chi connectivity index (χ0) is 9.90. The molecule has 0 heterocycles. The molecule has 76 valence electrons. The number of carbonyl (C=O) groups excluding carboxylic acids is 1. The lowest BCUT2D eigenvalue weighted by atomic mass is 10.0. The summed E-state index contributed by atoms with van der Waals surface area (Å²) >= 11 is 0. The Balaban J connectivity index is 2.16. The van der Waals surface area contributed by atoms with E-state index in [1.165, 1.54) is 12.8 Å². The number of hydrogen-bond donors (Lipinski definition) is 1. The van der Waals surface area contributed by atoms with E-state index < -0.39 is 0 Å². The van der Waals surface area contributed by atoms with Crippen LogP contribution in [0, 0.1) is 11.3 Å². The molecule has 13 heavy (non-hydrogen) atoms. The number of rotatable bonds is 5. The molecule has 1 aliphatic carbocycles. The minimum absolute atomic E-state index is 0.187. The van der Waals surface area contributed by atoms with Crippen molar-refractivity contribution in [1.82, 2.24) is 5.32 Å². The topological polar surface area (TPSA) is 29.1 Å². The van der Waals surface area contributed by atoms with Crippen LogP contribution in [-0.4, -0.2) is 12.5 Å². The van der Waals surface area contributed by atoms with Crippen LogP contribution in [0.25, 0.3) is 0 Å². The molecule has 1 amide bonds. The third kappa shape index (κ3) is 3.37. The second-order valence-corrected chi connectivity index (χ2v) is 4.72. The van der Waals surface area contributed by atoms with E-state index in [0.717, 1.165) is 19.4 Å². The Hall–Kier alpha value is -0.530. The standard InChI is InChI=1S/C11H21NO/c1-4-5-9(2)10(13)12-8-11(3)6-7-11/h9H,4-8H2,1-3H3,(H,12,13). The number of amides is 1. The highest BCUT2D eigenvalue weighted by molar-refractivity contribution is 5.78. The van der Waals surface area contributed by atoms with Gasteiger partial charge in [0, 0.05) is 12.5 Å². The van der Waals surface area contributed by atoms with Gasteiger partial charge in [-0.05, 0) is 24.7 Å². The summed E-state index contributed by atoms with van der Waals surface area (Å²) in [6, 6.07) is 0. The van der Waals surface area contributed by atoms with Crippen LogP contribution in [0.4, 0.5) is 0 Å². The Bertz CT molecular complexity index is 185. The van der Waals surface area contributed by atoms with Crippen molar-refractivity contribution in [3.63, 3.8) is 0 Å². The van der Waals surface area contributed by atoms with Crippen LogP contribution in [0.3, 0.4) is 0 Å². The molecule has 0 radical (unpaired) electrons. The molecule has 1 aliphatic rings. The molecule has 0 aromatic carbocycles. The molecule has 1 rings (SSSR count). The predicted molar refractivity (Wildman–Crippen MR) is 54.4 cm³/mol. The van der Waals surface area contributed by atoms with Crippen molar-refractivity contribution >= 4 is 5.91 Å². The second-order valence-electron chi connectivity index (χ2n) is 4.72. The Morgan fingerprint density at radius 2 is 2.15 bits per heavy atom. The smallest absolute Gasteiger partial charge is 0.222 e. The summed E-state index contributed by atoms with van der Waals surface area (Å²) in [4.78, 5) is 11.5. The largest absolute Gasteiger partial charge is 0.355 e. The van der Waals surface area contributed by atoms with Gasteiger partial charge >= 0.3 is 0 Å². The first-order chi connectivity index (χ1) is 6.07. The van der Waals surface area contributed by atoms with Gasteiger partial charge in [-0.2, -0.15) is 0 Å². The summed E-state index contributed by atoms with van der Waals surface area (Å²) < 4.78 is 0. The fraction of sp³-hybridized carbons (Fsp3) is 0.909. The molecule has 2 heteroatoms. The molecular weight excluding hydrogens is 162 g/mol. The lowest BCUT2D eigenvalue weighted by molar-refractivity contribution is -0.124. The molecule has 0 spiro atoms. The molecule has 0 aromatic rings. The van der Waals surface area contributed by atoms with Gasteiger partial charge in [0.25, 0.3) is 0 Å². The third-order valence-electron chi connectivity index (χ3n) is 2.96. The first kappa shape index (κ1) is 10.6. The molecule has 1 fully saturated rings. The maximum atomic E-state index is 11.5. The quantitative estimate of drug-likeness (QED) is 0.696. The Kier molecular flexibility index (Phi) is 3.34. The van der Waals surface area contributed by atoms with E-state index in [0.29, 0.717) is 5.41 Å². The average molecular weight is 183 g/mol. The van der Waals surface area contributed by atoms with Crippen molar-refractivity contribution < 1.29 is 4.79 Å². The Labute approximate surface area is 81.1 Å². The van der Waals surface area contributed by atoms with E-state index in [-0.39, 0.29) is 11.8 Å². The summed E-state index contributed by atoms with van der Waals surface area (Å²) in [6.07, 6.45) is 4.64. The van der Waals surface area contributed by atoms with E-state index in [1.807, 2.05) is 6.92 Å². The number of carbonyl (C=O) groups is 1. The van der Waals surface area contributed by atoms with Crippen LogP contribution in [0.2, 0.25) is 0 Å². The predicted octanol–water partition coefficient (Wildman–Crippen LogP) is 2.34. The Morgan fingerprint density at radius 3 is 2.62 bits per heavy atom. The molecule has 0 aromatic heterocycles. The lowest BCUT2D eigenvalue weighted by Gasteiger charge is -2.13. The highest BCUT2D eigenvalue weighted by Crippen LogP contribution is 2.44. The molecule has 2 nitrogen and oxygen atoms in total. The van der Waals surface area contributed by atoms with Crippen molar-refractivity contribution in [1.29, 1.82) is 0 Å². The van der Waals surface area contributed by atoms with Gasteiger partial charge in [0.15, 0.2) is 0 Å². The summed E-state index contributed by atoms with van der Waals surface area (Å²) in [5, 5.41) is 3.03. The normalized spacial score (nSPS) is 20.8. The highest BCUT2D eigenvalue weighted by Gasteiger charge is 2.37. The van der Waals surface area contributed by atoms with E-state index in [9.17, 15) is 4.79 Å². The number of nitrogens with one attached hydrogen (secondary N) is 1. The van der Waals surface area contributed by atoms with Crippen molar-refractivity contribution in [3.8, 4) is 0 Å². The zero-order valence-electron chi connectivity index (χ0n) is 9.02. The Morgan fingerprint density at radius 1 is 1.54 bits per heavy atom. The van der Waals surface area contributed by atoms with E-state index in [1.54, 1.807) is 0 Å². The molecule has 1 saturated carbocycles. The molecule has 1 N–H and O–H groups in total. The van der Waals surface area contributed by atoms with Gasteiger partial charge in [0.05, 0.1) is 0 Å². The van der Waals surface area contributed by atoms with Crippen LogP contribution >= 0.6 is 0 Å². The maximum Gasteiger partial charge on any atom is 0.222 e. The van der Waals surface area contributed by atoms with Crippen LogP contribution in [0.15, 0.2) is 0 Å². The SMILES string of the molecule is CCCC(C)C(=O)NCC1(C)CC1. The molecule has 0 bridgehead atoms. The summed E-state index contributed by atoms with van der Waals surface area (Å²) in [7, 11) is 0. The van der Waals surface area contributed by atoms with Crippen molar-refractivity contribution in [2.24, 2.45) is 11.3 Å². The minimum Gasteiger partial charge on any atom is -0.355 e. The van der Waals surface area contributed by atoms with Crippen molar-refractivity contribution in [2.45, 2.75) is 46.5 Å². The van der Waals surface area contributed by atoms with Crippen molar-refractivity contribution in [3.05, 3.63) is 0 Å². The van der Waals surface area contributed by atoms with E-state index in [2.05, 4.69) is 19.2 Å². The van der Waals surface area contributed by atoms with E-state index >= 15 is 0 Å². The van der Waals surface area contributed by atoms with Gasteiger partial charge in [0.2, 0.25) is 5.91 Å². The highest BCUT2D eigenvalue weighted by atomic mass is 16.1. The maximum absolute atomic E-state index is 11.5. The van der Waals surface area contributed by atoms with Gasteiger partial charge in [-0.15, -0.1) is 0 Å². The summed E-state index contributed by atoms with van der Waals surface area (Å²) in [5.74, 6) is 0.419. The fourth-order valence-electron chi connectivity index (χ4n) is 1.43. The average Bonchev–Trinajstić information content (AvgIpc) is 2.81. The summed E-state index contributed by atoms with van der Waals surface area (Å²) in [6.45, 7) is 7.23. The van der Waals surface area contributed by atoms with Crippen LogP contribution in [-0.2, 0) is 4.79 Å². The monoisotopic (exact) mass is 183 g/mol. The van der Waals surface area contributed by atoms with Gasteiger partial charge in [-0.1, -0.05) is 27.2 Å². The molecule has 0 aliphatic heterocycles. The van der Waals surface area contributed by atoms with Gasteiger partial charge in [-0.25, -0.2) is 0 Å². The second kappa shape index (κ2) is 4.12. The van der Waals surface area contributed by atoms with Crippen molar-refractivity contribution in [2.75, 3.05) is 6.54 Å². The zero-order valence-corrected chi connectivity index (χ0v) is 9.02. The van der Waals surface area contributed by atoms with Gasteiger partial charge in [0.1, 0.15) is 0 Å². The third-order valence-corrected chi connectivity index (χ3v) is 2.96. The van der Waals surface area contributed by atoms with Crippen LogP contribution in [0.1, 0.15) is 46.5 Å². The number of hydrogen-bond acceptors (Lipinski definition) is 1. The molecule has 1 unspecified atom stereocenters. The first-order valence-electron chi connectivity index (χ1n) is 5.35. The first-order valence-corrected chi connectivity index (χ1v) is 5.35. The molecular formula is C11H21NO. The molecule has 0 saturated heterocycles. The fourth-order valence-corrected chi connectivity index (χ4v) is 1.43.